The van der Waals surface area contributed by atoms with Crippen molar-refractivity contribution in [2.45, 2.75) is 32.4 Å². The Morgan fingerprint density at radius 3 is 2.86 bits per heavy atom. The molecule has 0 amide bonds. The predicted octanol–water partition coefficient (Wildman–Crippen LogP) is 2.73. The van der Waals surface area contributed by atoms with Crippen LogP contribution in [-0.2, 0) is 6.54 Å². The smallest absolute Gasteiger partial charge is 0.240 e. The summed E-state index contributed by atoms with van der Waals surface area (Å²) in [7, 11) is 3.38. The van der Waals surface area contributed by atoms with Crippen molar-refractivity contribution in [3.8, 4) is 11.5 Å². The van der Waals surface area contributed by atoms with Gasteiger partial charge >= 0.3 is 0 Å². The van der Waals surface area contributed by atoms with Crippen LogP contribution in [0.15, 0.2) is 22.7 Å². The lowest BCUT2D eigenvalue weighted by molar-refractivity contribution is 0.208. The molecular formula is C16H21N3O3. The monoisotopic (exact) mass is 303 g/mol. The van der Waals surface area contributed by atoms with Crippen molar-refractivity contribution in [3.63, 3.8) is 0 Å². The van der Waals surface area contributed by atoms with Crippen LogP contribution in [0, 0.1) is 6.92 Å². The Labute approximate surface area is 130 Å². The number of aromatic nitrogens is 2. The fraction of sp³-hybridized carbons (Fsp3) is 0.500. The fourth-order valence-electron chi connectivity index (χ4n) is 3.05. The van der Waals surface area contributed by atoms with Gasteiger partial charge in [0.2, 0.25) is 5.89 Å². The average molecular weight is 303 g/mol. The highest BCUT2D eigenvalue weighted by molar-refractivity contribution is 5.42. The minimum atomic E-state index is 0.275. The van der Waals surface area contributed by atoms with Crippen molar-refractivity contribution in [1.29, 1.82) is 0 Å². The number of rotatable bonds is 5. The standard InChI is InChI=1S/C16H21N3O3/c1-11-17-16(22-18-11)10-19-8-4-5-14(19)13-9-12(20-2)6-7-15(13)21-3/h6-7,9,14H,4-5,8,10H2,1-3H3/t14-/m1/s1. The Morgan fingerprint density at radius 2 is 2.18 bits per heavy atom. The van der Waals surface area contributed by atoms with Crippen LogP contribution in [0.2, 0.25) is 0 Å². The Bertz CT molecular complexity index is 641. The molecule has 6 heteroatoms. The van der Waals surface area contributed by atoms with E-state index in [0.29, 0.717) is 18.3 Å². The van der Waals surface area contributed by atoms with Gasteiger partial charge < -0.3 is 14.0 Å². The highest BCUT2D eigenvalue weighted by atomic mass is 16.5. The molecule has 118 valence electrons. The molecule has 1 aliphatic rings. The number of hydrogen-bond acceptors (Lipinski definition) is 6. The maximum Gasteiger partial charge on any atom is 0.240 e. The van der Waals surface area contributed by atoms with Gasteiger partial charge in [0.1, 0.15) is 11.5 Å². The second-order valence-electron chi connectivity index (χ2n) is 5.47. The summed E-state index contributed by atoms with van der Waals surface area (Å²) < 4.78 is 16.1. The Balaban J connectivity index is 1.86. The van der Waals surface area contributed by atoms with Crippen molar-refractivity contribution in [3.05, 3.63) is 35.5 Å². The highest BCUT2D eigenvalue weighted by Gasteiger charge is 2.30. The van der Waals surface area contributed by atoms with Gasteiger partial charge in [0.15, 0.2) is 5.82 Å². The molecule has 0 spiro atoms. The van der Waals surface area contributed by atoms with Crippen LogP contribution in [-0.4, -0.2) is 35.8 Å². The van der Waals surface area contributed by atoms with E-state index < -0.39 is 0 Å². The highest BCUT2D eigenvalue weighted by Crippen LogP contribution is 2.39. The largest absolute Gasteiger partial charge is 0.497 e. The normalized spacial score (nSPS) is 18.6. The van der Waals surface area contributed by atoms with Crippen molar-refractivity contribution < 1.29 is 14.0 Å². The molecule has 2 heterocycles. The van der Waals surface area contributed by atoms with E-state index in [-0.39, 0.29) is 6.04 Å². The summed E-state index contributed by atoms with van der Waals surface area (Å²) in [6, 6.07) is 6.21. The third-order valence-corrected chi connectivity index (χ3v) is 4.07. The SMILES string of the molecule is COc1ccc(OC)c([C@H]2CCCN2Cc2nc(C)no2)c1. The molecule has 1 fully saturated rings. The van der Waals surface area contributed by atoms with Crippen LogP contribution in [0.5, 0.6) is 11.5 Å². The minimum Gasteiger partial charge on any atom is -0.497 e. The van der Waals surface area contributed by atoms with E-state index in [1.807, 2.05) is 19.1 Å². The fourth-order valence-corrected chi connectivity index (χ4v) is 3.05. The van der Waals surface area contributed by atoms with Crippen molar-refractivity contribution in [2.75, 3.05) is 20.8 Å². The van der Waals surface area contributed by atoms with Crippen LogP contribution >= 0.6 is 0 Å². The zero-order valence-electron chi connectivity index (χ0n) is 13.2. The van der Waals surface area contributed by atoms with Gasteiger partial charge in [0, 0.05) is 11.6 Å². The summed E-state index contributed by atoms with van der Waals surface area (Å²) in [4.78, 5) is 6.65. The topological polar surface area (TPSA) is 60.6 Å². The van der Waals surface area contributed by atoms with Gasteiger partial charge in [0.25, 0.3) is 0 Å². The number of hydrogen-bond donors (Lipinski definition) is 0. The molecular weight excluding hydrogens is 282 g/mol. The average Bonchev–Trinajstić information content (AvgIpc) is 3.16. The van der Waals surface area contributed by atoms with Gasteiger partial charge in [-0.1, -0.05) is 5.16 Å². The Kier molecular flexibility index (Phi) is 4.29. The summed E-state index contributed by atoms with van der Waals surface area (Å²) in [5.41, 5.74) is 1.15. The van der Waals surface area contributed by atoms with Gasteiger partial charge in [-0.05, 0) is 44.5 Å². The lowest BCUT2D eigenvalue weighted by Gasteiger charge is -2.25. The molecule has 0 radical (unpaired) electrons. The molecule has 0 aliphatic carbocycles. The summed E-state index contributed by atoms with van der Waals surface area (Å²) in [6.07, 6.45) is 2.22. The maximum atomic E-state index is 5.53. The number of ether oxygens (including phenoxy) is 2. The van der Waals surface area contributed by atoms with Gasteiger partial charge in [0.05, 0.1) is 20.8 Å². The molecule has 22 heavy (non-hydrogen) atoms. The second-order valence-corrected chi connectivity index (χ2v) is 5.47. The first-order valence-electron chi connectivity index (χ1n) is 7.46. The molecule has 0 unspecified atom stereocenters. The lowest BCUT2D eigenvalue weighted by Crippen LogP contribution is -2.23. The molecule has 0 N–H and O–H groups in total. The van der Waals surface area contributed by atoms with Crippen molar-refractivity contribution >= 4 is 0 Å². The van der Waals surface area contributed by atoms with Crippen LogP contribution in [0.3, 0.4) is 0 Å². The van der Waals surface area contributed by atoms with Gasteiger partial charge in [-0.15, -0.1) is 0 Å². The molecule has 6 nitrogen and oxygen atoms in total. The quantitative estimate of drug-likeness (QED) is 0.846. The van der Waals surface area contributed by atoms with E-state index in [1.165, 1.54) is 0 Å². The molecule has 1 aromatic heterocycles. The van der Waals surface area contributed by atoms with Crippen LogP contribution in [0.4, 0.5) is 0 Å². The molecule has 1 aromatic carbocycles. The Morgan fingerprint density at radius 1 is 1.32 bits per heavy atom. The molecule has 1 atom stereocenters. The summed E-state index contributed by atoms with van der Waals surface area (Å²) >= 11 is 0. The molecule has 2 aromatic rings. The molecule has 0 bridgehead atoms. The van der Waals surface area contributed by atoms with E-state index in [9.17, 15) is 0 Å². The molecule has 1 aliphatic heterocycles. The Hall–Kier alpha value is -2.08. The lowest BCUT2D eigenvalue weighted by atomic mass is 10.0. The predicted molar refractivity (Wildman–Crippen MR) is 81.0 cm³/mol. The van der Waals surface area contributed by atoms with E-state index in [0.717, 1.165) is 36.4 Å². The van der Waals surface area contributed by atoms with Gasteiger partial charge in [-0.2, -0.15) is 4.98 Å². The molecule has 0 saturated carbocycles. The number of methoxy groups -OCH3 is 2. The van der Waals surface area contributed by atoms with Crippen molar-refractivity contribution in [1.82, 2.24) is 15.0 Å². The maximum absolute atomic E-state index is 5.53. The molecule has 1 saturated heterocycles. The zero-order chi connectivity index (χ0) is 15.5. The van der Waals surface area contributed by atoms with Crippen LogP contribution in [0.1, 0.15) is 36.2 Å². The van der Waals surface area contributed by atoms with E-state index in [2.05, 4.69) is 21.1 Å². The third kappa shape index (κ3) is 2.92. The zero-order valence-corrected chi connectivity index (χ0v) is 13.2. The second kappa shape index (κ2) is 6.36. The van der Waals surface area contributed by atoms with Gasteiger partial charge in [-0.3, -0.25) is 4.90 Å². The number of likely N-dealkylation sites (tertiary alicyclic amines) is 1. The van der Waals surface area contributed by atoms with Crippen LogP contribution < -0.4 is 9.47 Å². The first-order valence-corrected chi connectivity index (χ1v) is 7.46. The number of aryl methyl sites for hydroxylation is 1. The van der Waals surface area contributed by atoms with E-state index >= 15 is 0 Å². The van der Waals surface area contributed by atoms with Gasteiger partial charge in [-0.25, -0.2) is 0 Å². The van der Waals surface area contributed by atoms with E-state index in [1.54, 1.807) is 14.2 Å². The summed E-state index contributed by atoms with van der Waals surface area (Å²) in [5.74, 6) is 3.06. The third-order valence-electron chi connectivity index (χ3n) is 4.07. The van der Waals surface area contributed by atoms with Crippen molar-refractivity contribution in [2.24, 2.45) is 0 Å². The van der Waals surface area contributed by atoms with E-state index in [4.69, 9.17) is 14.0 Å². The number of benzene rings is 1. The molecule has 3 rings (SSSR count). The number of nitrogens with zero attached hydrogens (tertiary/aromatic N) is 3. The summed E-state index contributed by atoms with van der Waals surface area (Å²) in [6.45, 7) is 3.50. The summed E-state index contributed by atoms with van der Waals surface area (Å²) in [5, 5.41) is 3.86. The first-order chi connectivity index (χ1) is 10.7. The van der Waals surface area contributed by atoms with Crippen LogP contribution in [0.25, 0.3) is 0 Å². The first kappa shape index (κ1) is 14.8. The minimum absolute atomic E-state index is 0.275.